The van der Waals surface area contributed by atoms with Crippen LogP contribution < -0.4 is 0 Å². The lowest BCUT2D eigenvalue weighted by atomic mass is 10.1. The van der Waals surface area contributed by atoms with Gasteiger partial charge in [-0.3, -0.25) is 0 Å². The molecular formula is C47H42S9. The molecule has 9 aromatic heterocycles. The van der Waals surface area contributed by atoms with Crippen LogP contribution in [-0.4, -0.2) is 0 Å². The van der Waals surface area contributed by atoms with Gasteiger partial charge in [0, 0.05) is 82.9 Å². The quantitative estimate of drug-likeness (QED) is 0.108. The van der Waals surface area contributed by atoms with Gasteiger partial charge in [-0.25, -0.2) is 0 Å². The standard InChI is InChI=1S/C47H42S9/c1-7-27-20-21-48-44(27)42-24-30(10-4)45(55-42)38-18-16-36(52-38)34-14-12-32(50-34)33-13-15-35(51-33)37-17-19-39(53-37)46-31(11-5)25-43(56-46)47-29(9-3)23-41(54-47)40-22-28(8-2)26(6)49-40/h12-25H,7-11H2,1-6H3. The predicted octanol–water partition coefficient (Wildman–Crippen LogP) is 18.7. The maximum atomic E-state index is 2.48. The molecule has 9 heterocycles. The number of hydrogen-bond donors (Lipinski definition) is 0. The Balaban J connectivity index is 0.941. The van der Waals surface area contributed by atoms with Crippen LogP contribution in [0.25, 0.3) is 78.0 Å². The molecule has 0 saturated heterocycles. The first kappa shape index (κ1) is 38.8. The first-order valence-corrected chi connectivity index (χ1v) is 26.7. The molecule has 0 N–H and O–H groups in total. The van der Waals surface area contributed by atoms with Gasteiger partial charge in [-0.05, 0) is 151 Å². The zero-order valence-electron chi connectivity index (χ0n) is 32.3. The molecule has 0 radical (unpaired) electrons. The van der Waals surface area contributed by atoms with Gasteiger partial charge >= 0.3 is 0 Å². The second-order valence-corrected chi connectivity index (χ2v) is 23.4. The monoisotopic (exact) mass is 894 g/mol. The molecule has 9 rings (SSSR count). The zero-order chi connectivity index (χ0) is 38.5. The van der Waals surface area contributed by atoms with Crippen molar-refractivity contribution in [1.29, 1.82) is 0 Å². The van der Waals surface area contributed by atoms with E-state index in [4.69, 9.17) is 0 Å². The highest BCUT2D eigenvalue weighted by Gasteiger charge is 2.21. The van der Waals surface area contributed by atoms with Crippen molar-refractivity contribution in [3.63, 3.8) is 0 Å². The van der Waals surface area contributed by atoms with E-state index in [1.165, 1.54) is 111 Å². The van der Waals surface area contributed by atoms with Gasteiger partial charge in [0.2, 0.25) is 0 Å². The summed E-state index contributed by atoms with van der Waals surface area (Å²) >= 11 is 17.5. The summed E-state index contributed by atoms with van der Waals surface area (Å²) in [5.41, 5.74) is 7.35. The number of rotatable bonds is 13. The van der Waals surface area contributed by atoms with E-state index >= 15 is 0 Å². The molecule has 0 spiro atoms. The molecule has 0 fully saturated rings. The van der Waals surface area contributed by atoms with E-state index in [-0.39, 0.29) is 0 Å². The first-order chi connectivity index (χ1) is 27.4. The molecule has 0 aliphatic heterocycles. The van der Waals surface area contributed by atoms with Crippen LogP contribution in [0, 0.1) is 6.92 Å². The van der Waals surface area contributed by atoms with Crippen LogP contribution in [0.2, 0.25) is 0 Å². The SMILES string of the molecule is CCc1cc(-c2cc(CC)c(-c3cc(CC)c(-c4ccc(-c5ccc(-c6ccc(-c7ccc(-c8sc(-c9sccc9CC)cc8CC)s7)s6)s5)s4)s3)s2)sc1C. The van der Waals surface area contributed by atoms with Crippen LogP contribution in [0.4, 0.5) is 0 Å². The highest BCUT2D eigenvalue weighted by Crippen LogP contribution is 2.50. The van der Waals surface area contributed by atoms with Gasteiger partial charge < -0.3 is 0 Å². The molecule has 0 aliphatic carbocycles. The topological polar surface area (TPSA) is 0 Å². The summed E-state index contributed by atoms with van der Waals surface area (Å²) in [5.74, 6) is 0. The molecule has 9 heteroatoms. The fourth-order valence-electron chi connectivity index (χ4n) is 7.26. The van der Waals surface area contributed by atoms with Crippen molar-refractivity contribution in [3.8, 4) is 78.0 Å². The van der Waals surface area contributed by atoms with Crippen LogP contribution in [-0.2, 0) is 32.1 Å². The Labute approximate surface area is 367 Å². The fraction of sp³-hybridized carbons (Fsp3) is 0.234. The minimum atomic E-state index is 1.04. The fourth-order valence-corrected chi connectivity index (χ4v) is 18.1. The lowest BCUT2D eigenvalue weighted by Crippen LogP contribution is -1.78. The van der Waals surface area contributed by atoms with Gasteiger partial charge in [0.05, 0.1) is 0 Å². The molecular weight excluding hydrogens is 853 g/mol. The van der Waals surface area contributed by atoms with E-state index in [1.807, 2.05) is 102 Å². The highest BCUT2D eigenvalue weighted by atomic mass is 32.1. The Morgan fingerprint density at radius 1 is 0.304 bits per heavy atom. The van der Waals surface area contributed by atoms with Crippen molar-refractivity contribution in [3.05, 3.63) is 117 Å². The maximum absolute atomic E-state index is 2.48. The third-order valence-electron chi connectivity index (χ3n) is 10.4. The molecule has 0 saturated carbocycles. The smallest absolute Gasteiger partial charge is 0.0481 e. The molecule has 0 atom stereocenters. The van der Waals surface area contributed by atoms with E-state index in [2.05, 4.69) is 126 Å². The number of aryl methyl sites for hydroxylation is 6. The van der Waals surface area contributed by atoms with Gasteiger partial charge in [0.15, 0.2) is 0 Å². The third-order valence-corrected chi connectivity index (χ3v) is 21.8. The van der Waals surface area contributed by atoms with Gasteiger partial charge in [-0.2, -0.15) is 0 Å². The Hall–Kier alpha value is -2.70. The van der Waals surface area contributed by atoms with Crippen LogP contribution in [0.3, 0.4) is 0 Å². The van der Waals surface area contributed by atoms with Gasteiger partial charge in [0.1, 0.15) is 0 Å². The molecule has 0 nitrogen and oxygen atoms in total. The molecule has 0 unspecified atom stereocenters. The highest BCUT2D eigenvalue weighted by molar-refractivity contribution is 7.32. The molecule has 284 valence electrons. The number of thiophene rings is 9. The van der Waals surface area contributed by atoms with Gasteiger partial charge in [-0.15, -0.1) is 102 Å². The molecule has 0 amide bonds. The Bertz CT molecular complexity index is 2760. The minimum Gasteiger partial charge on any atom is -0.143 e. The van der Waals surface area contributed by atoms with Gasteiger partial charge in [0.25, 0.3) is 0 Å². The molecule has 0 aromatic carbocycles. The molecule has 56 heavy (non-hydrogen) atoms. The van der Waals surface area contributed by atoms with Crippen molar-refractivity contribution in [2.45, 2.75) is 73.6 Å². The zero-order valence-corrected chi connectivity index (χ0v) is 39.6. The van der Waals surface area contributed by atoms with Crippen LogP contribution in [0.1, 0.15) is 67.3 Å². The summed E-state index contributed by atoms with van der Waals surface area (Å²) < 4.78 is 0. The normalized spacial score (nSPS) is 11.8. The largest absolute Gasteiger partial charge is 0.143 e. The lowest BCUT2D eigenvalue weighted by Gasteiger charge is -1.97. The average molecular weight is 895 g/mol. The van der Waals surface area contributed by atoms with Crippen molar-refractivity contribution < 1.29 is 0 Å². The Morgan fingerprint density at radius 2 is 0.643 bits per heavy atom. The van der Waals surface area contributed by atoms with E-state index in [9.17, 15) is 0 Å². The van der Waals surface area contributed by atoms with Gasteiger partial charge in [-0.1, -0.05) is 34.6 Å². The van der Waals surface area contributed by atoms with E-state index in [1.54, 1.807) is 0 Å². The van der Waals surface area contributed by atoms with Crippen molar-refractivity contribution in [2.75, 3.05) is 0 Å². The Morgan fingerprint density at radius 3 is 1.09 bits per heavy atom. The first-order valence-electron chi connectivity index (χ1n) is 19.3. The molecule has 9 aromatic rings. The van der Waals surface area contributed by atoms with Crippen molar-refractivity contribution in [2.24, 2.45) is 0 Å². The van der Waals surface area contributed by atoms with Crippen LogP contribution >= 0.6 is 102 Å². The van der Waals surface area contributed by atoms with Crippen LogP contribution in [0.5, 0.6) is 0 Å². The second-order valence-electron chi connectivity index (χ2n) is 13.8. The van der Waals surface area contributed by atoms with E-state index < -0.39 is 0 Å². The van der Waals surface area contributed by atoms with Crippen LogP contribution in [0.15, 0.2) is 84.2 Å². The summed E-state index contributed by atoms with van der Waals surface area (Å²) in [4.78, 5) is 23.8. The lowest BCUT2D eigenvalue weighted by molar-refractivity contribution is 1.13. The molecule has 0 bridgehead atoms. The third kappa shape index (κ3) is 7.30. The van der Waals surface area contributed by atoms with E-state index in [0.717, 1.165) is 32.1 Å². The van der Waals surface area contributed by atoms with Crippen molar-refractivity contribution in [1.82, 2.24) is 0 Å². The summed E-state index contributed by atoms with van der Waals surface area (Å²) in [6, 6.07) is 30.8. The Kier molecular flexibility index (Phi) is 11.4. The van der Waals surface area contributed by atoms with Crippen molar-refractivity contribution >= 4 is 102 Å². The minimum absolute atomic E-state index is 1.04. The molecule has 0 aliphatic rings. The van der Waals surface area contributed by atoms with E-state index in [0.29, 0.717) is 0 Å². The second kappa shape index (κ2) is 16.5. The maximum Gasteiger partial charge on any atom is 0.0481 e. The summed E-state index contributed by atoms with van der Waals surface area (Å²) in [5, 5.41) is 2.24. The summed E-state index contributed by atoms with van der Waals surface area (Å²) in [6.07, 6.45) is 5.34. The number of hydrogen-bond acceptors (Lipinski definition) is 9. The average Bonchev–Trinajstić information content (AvgIpc) is 4.06. The summed E-state index contributed by atoms with van der Waals surface area (Å²) in [7, 11) is 0. The predicted molar refractivity (Wildman–Crippen MR) is 262 cm³/mol. The summed E-state index contributed by atoms with van der Waals surface area (Å²) in [6.45, 7) is 13.7.